The highest BCUT2D eigenvalue weighted by atomic mass is 79.9. The fourth-order valence-corrected chi connectivity index (χ4v) is 2.10. The van der Waals surface area contributed by atoms with Crippen LogP contribution in [0.25, 0.3) is 11.5 Å². The fraction of sp³-hybridized carbons (Fsp3) is 0.353. The molecule has 0 saturated heterocycles. The number of nitrogens with zero attached hydrogens (tertiary/aromatic N) is 1. The molecule has 0 aliphatic heterocycles. The number of rotatable bonds is 4. The van der Waals surface area contributed by atoms with Crippen molar-refractivity contribution < 1.29 is 22.7 Å². The van der Waals surface area contributed by atoms with E-state index in [1.807, 2.05) is 0 Å². The molecule has 0 radical (unpaired) electrons. The lowest BCUT2D eigenvalue weighted by Crippen LogP contribution is -2.05. The standard InChI is InChI=1S/C13H9BrF3NO2.C4H10/c1-7(19)2-11-6-20-12(18-11)8-3-9(13(15,16)17)5-10(14)4-8;1-3-4-2/h3-6,19H,1-2H2;3-4H2,1-2H3. The van der Waals surface area contributed by atoms with Crippen LogP contribution in [0.5, 0.6) is 0 Å². The smallest absolute Gasteiger partial charge is 0.416 e. The lowest BCUT2D eigenvalue weighted by Gasteiger charge is -2.08. The van der Waals surface area contributed by atoms with Gasteiger partial charge in [-0.05, 0) is 18.2 Å². The zero-order valence-electron chi connectivity index (χ0n) is 13.5. The monoisotopic (exact) mass is 405 g/mol. The van der Waals surface area contributed by atoms with E-state index in [9.17, 15) is 13.2 Å². The Balaban J connectivity index is 0.000000648. The number of aliphatic hydroxyl groups is 1. The maximum atomic E-state index is 12.7. The molecule has 7 heteroatoms. The maximum absolute atomic E-state index is 12.7. The first-order chi connectivity index (χ1) is 11.2. The second kappa shape index (κ2) is 8.92. The van der Waals surface area contributed by atoms with E-state index in [0.717, 1.165) is 12.1 Å². The summed E-state index contributed by atoms with van der Waals surface area (Å²) in [5, 5.41) is 9.05. The van der Waals surface area contributed by atoms with Gasteiger partial charge in [-0.1, -0.05) is 49.2 Å². The first kappa shape index (κ1) is 20.3. The molecule has 132 valence electrons. The number of alkyl halides is 3. The molecule has 0 bridgehead atoms. The van der Waals surface area contributed by atoms with Gasteiger partial charge in [-0.2, -0.15) is 13.2 Å². The predicted molar refractivity (Wildman–Crippen MR) is 90.7 cm³/mol. The van der Waals surface area contributed by atoms with E-state index in [1.165, 1.54) is 25.2 Å². The molecule has 1 aromatic carbocycles. The fourth-order valence-electron chi connectivity index (χ4n) is 1.61. The van der Waals surface area contributed by atoms with E-state index in [2.05, 4.69) is 41.3 Å². The van der Waals surface area contributed by atoms with Crippen LogP contribution in [0.3, 0.4) is 0 Å². The third-order valence-corrected chi connectivity index (χ3v) is 3.37. The van der Waals surface area contributed by atoms with E-state index in [-0.39, 0.29) is 28.1 Å². The Labute approximate surface area is 147 Å². The Bertz CT molecular complexity index is 679. The summed E-state index contributed by atoms with van der Waals surface area (Å²) in [7, 11) is 0. The van der Waals surface area contributed by atoms with Gasteiger partial charge in [-0.15, -0.1) is 0 Å². The third kappa shape index (κ3) is 6.39. The summed E-state index contributed by atoms with van der Waals surface area (Å²) in [6.07, 6.45) is -0.456. The van der Waals surface area contributed by atoms with Gasteiger partial charge in [0.25, 0.3) is 0 Å². The zero-order valence-corrected chi connectivity index (χ0v) is 15.0. The van der Waals surface area contributed by atoms with Crippen LogP contribution in [-0.4, -0.2) is 10.1 Å². The van der Waals surface area contributed by atoms with Crippen LogP contribution in [0.2, 0.25) is 0 Å². The number of allylic oxidation sites excluding steroid dienone is 1. The Hall–Kier alpha value is -1.76. The van der Waals surface area contributed by atoms with Gasteiger partial charge in [0.05, 0.1) is 17.0 Å². The third-order valence-electron chi connectivity index (χ3n) is 2.91. The quantitative estimate of drug-likeness (QED) is 0.587. The summed E-state index contributed by atoms with van der Waals surface area (Å²) in [4.78, 5) is 4.01. The normalized spacial score (nSPS) is 10.9. The van der Waals surface area contributed by atoms with E-state index < -0.39 is 11.7 Å². The average molecular weight is 406 g/mol. The Morgan fingerprint density at radius 1 is 1.25 bits per heavy atom. The number of halogens is 4. The highest BCUT2D eigenvalue weighted by Gasteiger charge is 2.31. The number of oxazole rings is 1. The summed E-state index contributed by atoms with van der Waals surface area (Å²) in [6, 6.07) is 3.40. The molecule has 0 spiro atoms. The Morgan fingerprint density at radius 3 is 2.38 bits per heavy atom. The molecular weight excluding hydrogens is 387 g/mol. The molecule has 1 N–H and O–H groups in total. The van der Waals surface area contributed by atoms with Gasteiger partial charge < -0.3 is 9.52 Å². The van der Waals surface area contributed by atoms with Crippen molar-refractivity contribution in [2.45, 2.75) is 39.3 Å². The number of benzene rings is 1. The van der Waals surface area contributed by atoms with Gasteiger partial charge >= 0.3 is 6.18 Å². The number of hydrogen-bond donors (Lipinski definition) is 1. The predicted octanol–water partition coefficient (Wildman–Crippen LogP) is 6.54. The lowest BCUT2D eigenvalue weighted by atomic mass is 10.1. The van der Waals surface area contributed by atoms with Gasteiger partial charge in [0.1, 0.15) is 6.26 Å². The topological polar surface area (TPSA) is 46.3 Å². The second-order valence-electron chi connectivity index (χ2n) is 5.11. The van der Waals surface area contributed by atoms with Crippen LogP contribution in [0.1, 0.15) is 37.9 Å². The molecule has 0 aliphatic rings. The molecule has 0 unspecified atom stereocenters. The Morgan fingerprint density at radius 2 is 1.88 bits per heavy atom. The van der Waals surface area contributed by atoms with E-state index in [4.69, 9.17) is 9.52 Å². The average Bonchev–Trinajstić information content (AvgIpc) is 2.93. The first-order valence-electron chi connectivity index (χ1n) is 7.36. The van der Waals surface area contributed by atoms with Crippen molar-refractivity contribution in [2.75, 3.05) is 0 Å². The highest BCUT2D eigenvalue weighted by molar-refractivity contribution is 9.10. The van der Waals surface area contributed by atoms with Crippen molar-refractivity contribution >= 4 is 15.9 Å². The Kier molecular flexibility index (Phi) is 7.54. The molecule has 24 heavy (non-hydrogen) atoms. The summed E-state index contributed by atoms with van der Waals surface area (Å²) in [5.41, 5.74) is -0.212. The second-order valence-corrected chi connectivity index (χ2v) is 6.03. The number of hydrogen-bond acceptors (Lipinski definition) is 3. The summed E-state index contributed by atoms with van der Waals surface area (Å²) < 4.78 is 43.6. The summed E-state index contributed by atoms with van der Waals surface area (Å²) >= 11 is 3.03. The van der Waals surface area contributed by atoms with Crippen molar-refractivity contribution in [1.29, 1.82) is 0 Å². The van der Waals surface area contributed by atoms with E-state index >= 15 is 0 Å². The molecule has 0 atom stereocenters. The van der Waals surface area contributed by atoms with Crippen molar-refractivity contribution in [3.8, 4) is 11.5 Å². The minimum atomic E-state index is -4.45. The van der Waals surface area contributed by atoms with Gasteiger partial charge in [-0.3, -0.25) is 0 Å². The largest absolute Gasteiger partial charge is 0.513 e. The van der Waals surface area contributed by atoms with Gasteiger partial charge in [-0.25, -0.2) is 4.98 Å². The van der Waals surface area contributed by atoms with Crippen LogP contribution in [0.4, 0.5) is 13.2 Å². The van der Waals surface area contributed by atoms with Crippen LogP contribution in [-0.2, 0) is 12.6 Å². The van der Waals surface area contributed by atoms with E-state index in [0.29, 0.717) is 5.69 Å². The molecule has 2 aromatic rings. The van der Waals surface area contributed by atoms with Crippen molar-refractivity contribution in [1.82, 2.24) is 4.98 Å². The minimum Gasteiger partial charge on any atom is -0.513 e. The van der Waals surface area contributed by atoms with Gasteiger partial charge in [0.15, 0.2) is 0 Å². The van der Waals surface area contributed by atoms with E-state index in [1.54, 1.807) is 0 Å². The van der Waals surface area contributed by atoms with Crippen LogP contribution >= 0.6 is 15.9 Å². The summed E-state index contributed by atoms with van der Waals surface area (Å²) in [6.45, 7) is 7.67. The molecular formula is C17H19BrF3NO2. The molecule has 1 aromatic heterocycles. The summed E-state index contributed by atoms with van der Waals surface area (Å²) in [5.74, 6) is -0.0527. The van der Waals surface area contributed by atoms with Crippen LogP contribution in [0, 0.1) is 0 Å². The highest BCUT2D eigenvalue weighted by Crippen LogP contribution is 2.34. The maximum Gasteiger partial charge on any atom is 0.416 e. The van der Waals surface area contributed by atoms with Crippen LogP contribution < -0.4 is 0 Å². The molecule has 0 fully saturated rings. The van der Waals surface area contributed by atoms with Gasteiger partial charge in [0.2, 0.25) is 5.89 Å². The first-order valence-corrected chi connectivity index (χ1v) is 8.16. The molecule has 1 heterocycles. The number of aliphatic hydroxyl groups excluding tert-OH is 1. The number of aromatic nitrogens is 1. The lowest BCUT2D eigenvalue weighted by molar-refractivity contribution is -0.137. The molecule has 0 aliphatic carbocycles. The van der Waals surface area contributed by atoms with Crippen molar-refractivity contribution in [3.05, 3.63) is 52.5 Å². The number of unbranched alkanes of at least 4 members (excludes halogenated alkanes) is 1. The molecule has 3 nitrogen and oxygen atoms in total. The SMILES string of the molecule is C=C(O)Cc1coc(-c2cc(Br)cc(C(F)(F)F)c2)n1.CCCC. The molecule has 0 amide bonds. The minimum absolute atomic E-state index is 0.0491. The molecule has 2 rings (SSSR count). The van der Waals surface area contributed by atoms with Gasteiger partial charge in [0, 0.05) is 16.5 Å². The van der Waals surface area contributed by atoms with Crippen molar-refractivity contribution in [3.63, 3.8) is 0 Å². The van der Waals surface area contributed by atoms with Crippen LogP contribution in [0.15, 0.2) is 45.7 Å². The molecule has 0 saturated carbocycles. The van der Waals surface area contributed by atoms with Crippen molar-refractivity contribution in [2.24, 2.45) is 0 Å². The zero-order chi connectivity index (χ0) is 18.3.